The molecule has 0 saturated heterocycles. The maximum atomic E-state index is 12.8. The summed E-state index contributed by atoms with van der Waals surface area (Å²) in [7, 11) is -2.26. The van der Waals surface area contributed by atoms with E-state index in [0.717, 1.165) is 0 Å². The predicted molar refractivity (Wildman–Crippen MR) is 98.1 cm³/mol. The van der Waals surface area contributed by atoms with Crippen molar-refractivity contribution in [1.82, 2.24) is 14.5 Å². The van der Waals surface area contributed by atoms with Gasteiger partial charge in [0.2, 0.25) is 10.0 Å². The number of para-hydroxylation sites is 1. The average Bonchev–Trinajstić information content (AvgIpc) is 3.15. The number of sulfonamides is 1. The first kappa shape index (κ1) is 17.8. The van der Waals surface area contributed by atoms with Gasteiger partial charge in [0.1, 0.15) is 0 Å². The first-order valence-electron chi connectivity index (χ1n) is 7.88. The van der Waals surface area contributed by atoms with E-state index in [2.05, 4.69) is 15.5 Å². The summed E-state index contributed by atoms with van der Waals surface area (Å²) in [6, 6.07) is 16.7. The molecule has 1 heterocycles. The van der Waals surface area contributed by atoms with Crippen molar-refractivity contribution >= 4 is 21.6 Å². The number of H-pyrrole nitrogens is 1. The number of aromatic nitrogens is 2. The van der Waals surface area contributed by atoms with Gasteiger partial charge < -0.3 is 5.32 Å². The predicted octanol–water partition coefficient (Wildman–Crippen LogP) is 2.48. The van der Waals surface area contributed by atoms with Gasteiger partial charge in [0.25, 0.3) is 5.91 Å². The quantitative estimate of drug-likeness (QED) is 0.697. The molecule has 0 aliphatic heterocycles. The maximum absolute atomic E-state index is 12.8. The number of benzene rings is 2. The van der Waals surface area contributed by atoms with E-state index < -0.39 is 10.0 Å². The van der Waals surface area contributed by atoms with Crippen LogP contribution in [0.25, 0.3) is 0 Å². The van der Waals surface area contributed by atoms with Crippen LogP contribution in [0.5, 0.6) is 0 Å². The third-order valence-corrected chi connectivity index (χ3v) is 5.59. The van der Waals surface area contributed by atoms with Crippen molar-refractivity contribution in [3.63, 3.8) is 0 Å². The van der Waals surface area contributed by atoms with Crippen molar-refractivity contribution in [1.29, 1.82) is 0 Å². The van der Waals surface area contributed by atoms with E-state index in [1.54, 1.807) is 48.7 Å². The van der Waals surface area contributed by atoms with E-state index in [9.17, 15) is 13.2 Å². The lowest BCUT2D eigenvalue weighted by Crippen LogP contribution is -2.27. The Labute approximate surface area is 151 Å². The lowest BCUT2D eigenvalue weighted by Gasteiger charge is -2.16. The van der Waals surface area contributed by atoms with Crippen LogP contribution in [0, 0.1) is 0 Å². The Kier molecular flexibility index (Phi) is 5.15. The van der Waals surface area contributed by atoms with Crippen LogP contribution in [0.1, 0.15) is 16.1 Å². The number of anilines is 1. The van der Waals surface area contributed by atoms with E-state index in [1.807, 2.05) is 6.07 Å². The molecule has 0 atom stereocenters. The summed E-state index contributed by atoms with van der Waals surface area (Å²) < 4.78 is 26.7. The SMILES string of the molecule is CN(Cc1ccn[nH]1)S(=O)(=O)c1cccc(C(=O)Nc2ccccc2)c1. The van der Waals surface area contributed by atoms with E-state index in [0.29, 0.717) is 11.4 Å². The number of nitrogens with zero attached hydrogens (tertiary/aromatic N) is 2. The summed E-state index contributed by atoms with van der Waals surface area (Å²) in [5, 5.41) is 9.28. The normalized spacial score (nSPS) is 11.5. The molecule has 8 heteroatoms. The molecule has 0 aliphatic rings. The van der Waals surface area contributed by atoms with E-state index >= 15 is 0 Å². The largest absolute Gasteiger partial charge is 0.322 e. The zero-order valence-electron chi connectivity index (χ0n) is 14.1. The molecule has 1 amide bonds. The fraction of sp³-hybridized carbons (Fsp3) is 0.111. The van der Waals surface area contributed by atoms with Crippen molar-refractivity contribution in [3.8, 4) is 0 Å². The van der Waals surface area contributed by atoms with Crippen LogP contribution in [0.2, 0.25) is 0 Å². The van der Waals surface area contributed by atoms with Crippen molar-refractivity contribution in [3.05, 3.63) is 78.1 Å². The van der Waals surface area contributed by atoms with Crippen LogP contribution >= 0.6 is 0 Å². The summed E-state index contributed by atoms with van der Waals surface area (Å²) in [4.78, 5) is 12.4. The van der Waals surface area contributed by atoms with Gasteiger partial charge in [-0.3, -0.25) is 9.89 Å². The van der Waals surface area contributed by atoms with Gasteiger partial charge in [0.05, 0.1) is 17.1 Å². The Balaban J connectivity index is 1.80. The molecular weight excluding hydrogens is 352 g/mol. The van der Waals surface area contributed by atoms with Gasteiger partial charge in [-0.15, -0.1) is 0 Å². The Morgan fingerprint density at radius 1 is 1.12 bits per heavy atom. The molecule has 2 N–H and O–H groups in total. The minimum atomic E-state index is -3.74. The number of amides is 1. The topological polar surface area (TPSA) is 95.2 Å². The van der Waals surface area contributed by atoms with Crippen LogP contribution in [-0.2, 0) is 16.6 Å². The Bertz CT molecular complexity index is 986. The van der Waals surface area contributed by atoms with Crippen LogP contribution < -0.4 is 5.32 Å². The number of hydrogen-bond donors (Lipinski definition) is 2. The number of carbonyl (C=O) groups is 1. The standard InChI is InChI=1S/C18H18N4O3S/c1-22(13-16-10-11-19-21-16)26(24,25)17-9-5-6-14(12-17)18(23)20-15-7-3-2-4-8-15/h2-12H,13H2,1H3,(H,19,21)(H,20,23). The molecule has 2 aromatic carbocycles. The number of nitrogens with one attached hydrogen (secondary N) is 2. The van der Waals surface area contributed by atoms with Gasteiger partial charge in [-0.25, -0.2) is 8.42 Å². The zero-order chi connectivity index (χ0) is 18.6. The molecule has 3 aromatic rings. The van der Waals surface area contributed by atoms with Crippen LogP contribution in [-0.4, -0.2) is 35.9 Å². The summed E-state index contributed by atoms with van der Waals surface area (Å²) in [5.74, 6) is -0.371. The number of rotatable bonds is 6. The van der Waals surface area contributed by atoms with E-state index in [-0.39, 0.29) is 22.9 Å². The first-order valence-corrected chi connectivity index (χ1v) is 9.32. The fourth-order valence-corrected chi connectivity index (χ4v) is 3.60. The van der Waals surface area contributed by atoms with Gasteiger partial charge in [-0.2, -0.15) is 9.40 Å². The van der Waals surface area contributed by atoms with Crippen LogP contribution in [0.4, 0.5) is 5.69 Å². The molecule has 134 valence electrons. The lowest BCUT2D eigenvalue weighted by atomic mass is 10.2. The zero-order valence-corrected chi connectivity index (χ0v) is 14.9. The Morgan fingerprint density at radius 2 is 1.88 bits per heavy atom. The molecule has 0 fully saturated rings. The maximum Gasteiger partial charge on any atom is 0.255 e. The fourth-order valence-electron chi connectivity index (χ4n) is 2.40. The third-order valence-electron chi connectivity index (χ3n) is 3.79. The molecule has 0 saturated carbocycles. The van der Waals surface area contributed by atoms with Crippen molar-refractivity contribution in [2.45, 2.75) is 11.4 Å². The molecule has 7 nitrogen and oxygen atoms in total. The van der Waals surface area contributed by atoms with Gasteiger partial charge in [-0.05, 0) is 36.4 Å². The van der Waals surface area contributed by atoms with Crippen molar-refractivity contribution in [2.24, 2.45) is 0 Å². The second-order valence-corrected chi connectivity index (χ2v) is 7.74. The summed E-state index contributed by atoms with van der Waals surface area (Å²) in [6.07, 6.45) is 1.56. The highest BCUT2D eigenvalue weighted by atomic mass is 32.2. The molecule has 0 radical (unpaired) electrons. The first-order chi connectivity index (χ1) is 12.5. The molecular formula is C18H18N4O3S. The molecule has 0 bridgehead atoms. The molecule has 0 aliphatic carbocycles. The minimum Gasteiger partial charge on any atom is -0.322 e. The smallest absolute Gasteiger partial charge is 0.255 e. The molecule has 3 rings (SSSR count). The Hall–Kier alpha value is -2.97. The van der Waals surface area contributed by atoms with Gasteiger partial charge in [-0.1, -0.05) is 24.3 Å². The van der Waals surface area contributed by atoms with Crippen molar-refractivity contribution < 1.29 is 13.2 Å². The van der Waals surface area contributed by atoms with Gasteiger partial charge in [0.15, 0.2) is 0 Å². The highest BCUT2D eigenvalue weighted by Gasteiger charge is 2.22. The third kappa shape index (κ3) is 3.98. The summed E-state index contributed by atoms with van der Waals surface area (Å²) in [5.41, 5.74) is 1.58. The van der Waals surface area contributed by atoms with Crippen molar-refractivity contribution in [2.75, 3.05) is 12.4 Å². The van der Waals surface area contributed by atoms with E-state index in [4.69, 9.17) is 0 Å². The monoisotopic (exact) mass is 370 g/mol. The lowest BCUT2D eigenvalue weighted by molar-refractivity contribution is 0.102. The number of carbonyl (C=O) groups excluding carboxylic acids is 1. The summed E-state index contributed by atoms with van der Waals surface area (Å²) >= 11 is 0. The minimum absolute atomic E-state index is 0.0558. The highest BCUT2D eigenvalue weighted by Crippen LogP contribution is 2.18. The molecule has 0 spiro atoms. The molecule has 1 aromatic heterocycles. The number of hydrogen-bond acceptors (Lipinski definition) is 4. The summed E-state index contributed by atoms with van der Waals surface area (Å²) in [6.45, 7) is 0.156. The highest BCUT2D eigenvalue weighted by molar-refractivity contribution is 7.89. The Morgan fingerprint density at radius 3 is 2.58 bits per heavy atom. The van der Waals surface area contributed by atoms with Crippen LogP contribution in [0.15, 0.2) is 71.8 Å². The molecule has 26 heavy (non-hydrogen) atoms. The molecule has 0 unspecified atom stereocenters. The van der Waals surface area contributed by atoms with E-state index in [1.165, 1.54) is 23.5 Å². The van der Waals surface area contributed by atoms with Gasteiger partial charge in [0, 0.05) is 24.5 Å². The average molecular weight is 370 g/mol. The second kappa shape index (κ2) is 7.51. The van der Waals surface area contributed by atoms with Gasteiger partial charge >= 0.3 is 0 Å². The second-order valence-electron chi connectivity index (χ2n) is 5.69. The number of aromatic amines is 1. The van der Waals surface area contributed by atoms with Crippen LogP contribution in [0.3, 0.4) is 0 Å².